The predicted molar refractivity (Wildman–Crippen MR) is 123 cm³/mol. The molecule has 4 rings (SSSR count). The molecule has 0 saturated carbocycles. The van der Waals surface area contributed by atoms with Crippen LogP contribution in [0.4, 0.5) is 5.69 Å². The molecule has 4 nitrogen and oxygen atoms in total. The van der Waals surface area contributed by atoms with E-state index in [1.807, 2.05) is 97.9 Å². The Kier molecular flexibility index (Phi) is 6.29. The first-order valence-corrected chi connectivity index (χ1v) is 10.1. The fraction of sp³-hybridized carbons (Fsp3) is 0.0741. The Hall–Kier alpha value is -4.05. The zero-order valence-electron chi connectivity index (χ0n) is 17.2. The fourth-order valence-corrected chi connectivity index (χ4v) is 3.06. The van der Waals surface area contributed by atoms with Crippen molar-refractivity contribution in [2.24, 2.45) is 0 Å². The maximum Gasteiger partial charge on any atom is 0.255 e. The van der Waals surface area contributed by atoms with Gasteiger partial charge >= 0.3 is 0 Å². The Morgan fingerprint density at radius 1 is 0.742 bits per heavy atom. The summed E-state index contributed by atoms with van der Waals surface area (Å²) in [6.07, 6.45) is 0. The van der Waals surface area contributed by atoms with E-state index in [0.29, 0.717) is 23.6 Å². The lowest BCUT2D eigenvalue weighted by Gasteiger charge is -2.09. The van der Waals surface area contributed by atoms with E-state index >= 15 is 0 Å². The maximum absolute atomic E-state index is 12.5. The monoisotopic (exact) mass is 409 g/mol. The van der Waals surface area contributed by atoms with Gasteiger partial charge in [-0.15, -0.1) is 0 Å². The van der Waals surface area contributed by atoms with E-state index in [-0.39, 0.29) is 5.91 Å². The van der Waals surface area contributed by atoms with E-state index in [1.54, 1.807) is 12.1 Å². The topological polar surface area (TPSA) is 47.6 Å². The SMILES string of the molecule is Cc1cccc(Oc2ccc(NC(=O)c3ccc(COc4ccccc4)cc3)cc2)c1. The van der Waals surface area contributed by atoms with Gasteiger partial charge in [0.25, 0.3) is 5.91 Å². The number of carbonyl (C=O) groups is 1. The molecule has 0 unspecified atom stereocenters. The van der Waals surface area contributed by atoms with Crippen LogP contribution in [0, 0.1) is 6.92 Å². The zero-order valence-corrected chi connectivity index (χ0v) is 17.2. The zero-order chi connectivity index (χ0) is 21.5. The van der Waals surface area contributed by atoms with Gasteiger partial charge in [-0.1, -0.05) is 42.5 Å². The second-order valence-corrected chi connectivity index (χ2v) is 7.20. The molecule has 1 amide bonds. The summed E-state index contributed by atoms with van der Waals surface area (Å²) in [7, 11) is 0. The van der Waals surface area contributed by atoms with E-state index in [4.69, 9.17) is 9.47 Å². The third-order valence-corrected chi connectivity index (χ3v) is 4.70. The lowest BCUT2D eigenvalue weighted by atomic mass is 10.1. The molecule has 0 aliphatic heterocycles. The van der Waals surface area contributed by atoms with Gasteiger partial charge < -0.3 is 14.8 Å². The molecule has 4 heteroatoms. The van der Waals surface area contributed by atoms with Crippen LogP contribution in [0.3, 0.4) is 0 Å². The molecule has 0 aliphatic carbocycles. The first-order chi connectivity index (χ1) is 15.2. The molecule has 31 heavy (non-hydrogen) atoms. The molecule has 4 aromatic rings. The van der Waals surface area contributed by atoms with Gasteiger partial charge in [0.1, 0.15) is 23.9 Å². The number of para-hydroxylation sites is 1. The van der Waals surface area contributed by atoms with Gasteiger partial charge in [0, 0.05) is 11.3 Å². The largest absolute Gasteiger partial charge is 0.489 e. The fourth-order valence-electron chi connectivity index (χ4n) is 3.06. The van der Waals surface area contributed by atoms with E-state index in [2.05, 4.69) is 5.32 Å². The molecule has 0 aliphatic rings. The van der Waals surface area contributed by atoms with Crippen molar-refractivity contribution < 1.29 is 14.3 Å². The van der Waals surface area contributed by atoms with Crippen LogP contribution < -0.4 is 14.8 Å². The van der Waals surface area contributed by atoms with Crippen molar-refractivity contribution in [1.82, 2.24) is 0 Å². The van der Waals surface area contributed by atoms with Crippen molar-refractivity contribution >= 4 is 11.6 Å². The highest BCUT2D eigenvalue weighted by Gasteiger charge is 2.07. The van der Waals surface area contributed by atoms with Crippen LogP contribution in [-0.4, -0.2) is 5.91 Å². The van der Waals surface area contributed by atoms with Crippen LogP contribution in [-0.2, 0) is 6.61 Å². The van der Waals surface area contributed by atoms with Crippen LogP contribution in [0.2, 0.25) is 0 Å². The average molecular weight is 409 g/mol. The molecule has 0 aromatic heterocycles. The Morgan fingerprint density at radius 2 is 1.45 bits per heavy atom. The second-order valence-electron chi connectivity index (χ2n) is 7.20. The van der Waals surface area contributed by atoms with Crippen molar-refractivity contribution in [3.63, 3.8) is 0 Å². The number of anilines is 1. The summed E-state index contributed by atoms with van der Waals surface area (Å²) in [5.41, 5.74) is 3.43. The van der Waals surface area contributed by atoms with Gasteiger partial charge in [0.05, 0.1) is 0 Å². The normalized spacial score (nSPS) is 10.4. The summed E-state index contributed by atoms with van der Waals surface area (Å²) >= 11 is 0. The van der Waals surface area contributed by atoms with Crippen LogP contribution in [0.15, 0.2) is 103 Å². The lowest BCUT2D eigenvalue weighted by Crippen LogP contribution is -2.11. The summed E-state index contributed by atoms with van der Waals surface area (Å²) in [6, 6.07) is 32.2. The quantitative estimate of drug-likeness (QED) is 0.373. The first kappa shape index (κ1) is 20.2. The molecule has 0 heterocycles. The number of amides is 1. The summed E-state index contributed by atoms with van der Waals surface area (Å²) in [6.45, 7) is 2.47. The molecule has 4 aromatic carbocycles. The Bertz CT molecular complexity index is 1140. The van der Waals surface area contributed by atoms with Crippen molar-refractivity contribution in [2.75, 3.05) is 5.32 Å². The van der Waals surface area contributed by atoms with Gasteiger partial charge in [-0.25, -0.2) is 0 Å². The number of ether oxygens (including phenoxy) is 2. The average Bonchev–Trinajstić information content (AvgIpc) is 2.80. The first-order valence-electron chi connectivity index (χ1n) is 10.1. The number of benzene rings is 4. The third-order valence-electron chi connectivity index (χ3n) is 4.70. The van der Waals surface area contributed by atoms with Crippen LogP contribution in [0.25, 0.3) is 0 Å². The third kappa shape index (κ3) is 5.73. The van der Waals surface area contributed by atoms with Gasteiger partial charge in [0.2, 0.25) is 0 Å². The molecule has 1 N–H and O–H groups in total. The predicted octanol–water partition coefficient (Wildman–Crippen LogP) is 6.62. The van der Waals surface area contributed by atoms with Crippen LogP contribution in [0.1, 0.15) is 21.5 Å². The van der Waals surface area contributed by atoms with Crippen molar-refractivity contribution in [1.29, 1.82) is 0 Å². The van der Waals surface area contributed by atoms with E-state index in [9.17, 15) is 4.79 Å². The van der Waals surface area contributed by atoms with Crippen molar-refractivity contribution in [2.45, 2.75) is 13.5 Å². The summed E-state index contributed by atoms with van der Waals surface area (Å²) in [5, 5.41) is 2.91. The Morgan fingerprint density at radius 3 is 2.16 bits per heavy atom. The van der Waals surface area contributed by atoms with Gasteiger partial charge in [-0.2, -0.15) is 0 Å². The number of hydrogen-bond donors (Lipinski definition) is 1. The molecule has 0 atom stereocenters. The molecule has 0 radical (unpaired) electrons. The Balaban J connectivity index is 1.32. The smallest absolute Gasteiger partial charge is 0.255 e. The van der Waals surface area contributed by atoms with Gasteiger partial charge in [0.15, 0.2) is 0 Å². The van der Waals surface area contributed by atoms with Crippen LogP contribution in [0.5, 0.6) is 17.2 Å². The molecule has 0 fully saturated rings. The number of rotatable bonds is 7. The number of carbonyl (C=O) groups excluding carboxylic acids is 1. The minimum atomic E-state index is -0.164. The molecule has 0 spiro atoms. The number of aryl methyl sites for hydroxylation is 1. The number of hydrogen-bond acceptors (Lipinski definition) is 3. The van der Waals surface area contributed by atoms with E-state index in [1.165, 1.54) is 0 Å². The molecular formula is C27H23NO3. The lowest BCUT2D eigenvalue weighted by molar-refractivity contribution is 0.102. The van der Waals surface area contributed by atoms with E-state index in [0.717, 1.165) is 22.6 Å². The summed E-state index contributed by atoms with van der Waals surface area (Å²) < 4.78 is 11.6. The molecule has 0 saturated heterocycles. The maximum atomic E-state index is 12.5. The summed E-state index contributed by atoms with van der Waals surface area (Å²) in [5.74, 6) is 2.15. The highest BCUT2D eigenvalue weighted by Crippen LogP contribution is 2.24. The highest BCUT2D eigenvalue weighted by molar-refractivity contribution is 6.04. The van der Waals surface area contributed by atoms with Crippen molar-refractivity contribution in [3.8, 4) is 17.2 Å². The molecular weight excluding hydrogens is 386 g/mol. The van der Waals surface area contributed by atoms with Gasteiger partial charge in [-0.3, -0.25) is 4.79 Å². The Labute approximate surface area is 182 Å². The summed E-state index contributed by atoms with van der Waals surface area (Å²) in [4.78, 5) is 12.5. The minimum absolute atomic E-state index is 0.164. The van der Waals surface area contributed by atoms with Gasteiger partial charge in [-0.05, 0) is 78.7 Å². The standard InChI is InChI=1S/C27H23NO3/c1-20-6-5-9-26(18-20)31-25-16-14-23(15-17-25)28-27(29)22-12-10-21(11-13-22)19-30-24-7-3-2-4-8-24/h2-18H,19H2,1H3,(H,28,29). The van der Waals surface area contributed by atoms with Crippen molar-refractivity contribution in [3.05, 3.63) is 120 Å². The number of nitrogens with one attached hydrogen (secondary N) is 1. The van der Waals surface area contributed by atoms with Crippen LogP contribution >= 0.6 is 0 Å². The second kappa shape index (κ2) is 9.63. The molecule has 154 valence electrons. The van der Waals surface area contributed by atoms with E-state index < -0.39 is 0 Å². The minimum Gasteiger partial charge on any atom is -0.489 e. The molecule has 0 bridgehead atoms. The highest BCUT2D eigenvalue weighted by atomic mass is 16.5.